The number of carbonyl (C=O) groups is 1. The third kappa shape index (κ3) is 5.19. The Labute approximate surface area is 85.5 Å². The highest BCUT2D eigenvalue weighted by molar-refractivity contribution is 5.78. The molecule has 4 nitrogen and oxygen atoms in total. The standard InChI is InChI=1S/C10H20O4/c1-8(2)13-6-7-14-9(11)10(3,4)12-5/h8H,6-7H2,1-5H3. The van der Waals surface area contributed by atoms with Crippen molar-refractivity contribution in [1.29, 1.82) is 0 Å². The largest absolute Gasteiger partial charge is 0.461 e. The van der Waals surface area contributed by atoms with Gasteiger partial charge in [0.2, 0.25) is 0 Å². The molecule has 0 atom stereocenters. The summed E-state index contributed by atoms with van der Waals surface area (Å²) in [6.45, 7) is 7.88. The fourth-order valence-electron chi connectivity index (χ4n) is 0.675. The van der Waals surface area contributed by atoms with Gasteiger partial charge >= 0.3 is 5.97 Å². The minimum Gasteiger partial charge on any atom is -0.461 e. The Morgan fingerprint density at radius 1 is 1.29 bits per heavy atom. The Balaban J connectivity index is 3.64. The molecule has 84 valence electrons. The van der Waals surface area contributed by atoms with Crippen LogP contribution in [0.2, 0.25) is 0 Å². The first-order chi connectivity index (χ1) is 6.40. The van der Waals surface area contributed by atoms with Gasteiger partial charge in [0.15, 0.2) is 5.60 Å². The highest BCUT2D eigenvalue weighted by Crippen LogP contribution is 2.09. The topological polar surface area (TPSA) is 44.8 Å². The van der Waals surface area contributed by atoms with Gasteiger partial charge in [-0.25, -0.2) is 4.79 Å². The average molecular weight is 204 g/mol. The molecule has 0 saturated heterocycles. The zero-order valence-electron chi connectivity index (χ0n) is 9.62. The minimum atomic E-state index is -0.877. The van der Waals surface area contributed by atoms with Crippen molar-refractivity contribution in [3.8, 4) is 0 Å². The first kappa shape index (κ1) is 13.4. The molecule has 0 bridgehead atoms. The third-order valence-corrected chi connectivity index (χ3v) is 1.77. The lowest BCUT2D eigenvalue weighted by Gasteiger charge is -2.20. The predicted molar refractivity (Wildman–Crippen MR) is 53.1 cm³/mol. The summed E-state index contributed by atoms with van der Waals surface area (Å²) in [5.41, 5.74) is -0.877. The van der Waals surface area contributed by atoms with Gasteiger partial charge in [0, 0.05) is 7.11 Å². The van der Waals surface area contributed by atoms with E-state index in [0.717, 1.165) is 0 Å². The van der Waals surface area contributed by atoms with E-state index in [1.165, 1.54) is 7.11 Å². The van der Waals surface area contributed by atoms with Gasteiger partial charge in [0.1, 0.15) is 6.61 Å². The molecule has 0 aliphatic carbocycles. The summed E-state index contributed by atoms with van der Waals surface area (Å²) in [5.74, 6) is -0.368. The van der Waals surface area contributed by atoms with Crippen LogP contribution in [0.4, 0.5) is 0 Å². The van der Waals surface area contributed by atoms with Crippen LogP contribution in [0.25, 0.3) is 0 Å². The van der Waals surface area contributed by atoms with E-state index in [4.69, 9.17) is 14.2 Å². The highest BCUT2D eigenvalue weighted by Gasteiger charge is 2.28. The number of hydrogen-bond donors (Lipinski definition) is 0. The van der Waals surface area contributed by atoms with Crippen LogP contribution in [0.1, 0.15) is 27.7 Å². The lowest BCUT2D eigenvalue weighted by Crippen LogP contribution is -2.36. The van der Waals surface area contributed by atoms with Crippen LogP contribution in [0, 0.1) is 0 Å². The normalized spacial score (nSPS) is 11.9. The van der Waals surface area contributed by atoms with E-state index in [9.17, 15) is 4.79 Å². The number of hydrogen-bond acceptors (Lipinski definition) is 4. The molecule has 0 amide bonds. The molecule has 0 fully saturated rings. The number of esters is 1. The summed E-state index contributed by atoms with van der Waals surface area (Å²) < 4.78 is 15.1. The van der Waals surface area contributed by atoms with Gasteiger partial charge in [-0.05, 0) is 27.7 Å². The molecule has 0 unspecified atom stereocenters. The van der Waals surface area contributed by atoms with Crippen LogP contribution in [0.5, 0.6) is 0 Å². The molecular formula is C10H20O4. The zero-order valence-corrected chi connectivity index (χ0v) is 9.62. The van der Waals surface area contributed by atoms with E-state index < -0.39 is 5.60 Å². The maximum atomic E-state index is 11.3. The second kappa shape index (κ2) is 5.98. The van der Waals surface area contributed by atoms with Crippen LogP contribution in [-0.2, 0) is 19.0 Å². The predicted octanol–water partition coefficient (Wildman–Crippen LogP) is 1.38. The van der Waals surface area contributed by atoms with E-state index >= 15 is 0 Å². The maximum Gasteiger partial charge on any atom is 0.337 e. The summed E-state index contributed by atoms with van der Waals surface area (Å²) in [6.07, 6.45) is 0.157. The molecule has 0 spiro atoms. The fraction of sp³-hybridized carbons (Fsp3) is 0.900. The van der Waals surface area contributed by atoms with Gasteiger partial charge in [-0.2, -0.15) is 0 Å². The van der Waals surface area contributed by atoms with Gasteiger partial charge in [-0.15, -0.1) is 0 Å². The Morgan fingerprint density at radius 3 is 2.29 bits per heavy atom. The van der Waals surface area contributed by atoms with Crippen molar-refractivity contribution < 1.29 is 19.0 Å². The van der Waals surface area contributed by atoms with Crippen LogP contribution >= 0.6 is 0 Å². The molecule has 0 aromatic heterocycles. The van der Waals surface area contributed by atoms with Gasteiger partial charge in [0.05, 0.1) is 12.7 Å². The Kier molecular flexibility index (Phi) is 5.72. The summed E-state index contributed by atoms with van der Waals surface area (Å²) in [7, 11) is 1.48. The first-order valence-electron chi connectivity index (χ1n) is 4.74. The second-order valence-corrected chi connectivity index (χ2v) is 3.77. The lowest BCUT2D eigenvalue weighted by atomic mass is 10.1. The second-order valence-electron chi connectivity index (χ2n) is 3.77. The molecular weight excluding hydrogens is 184 g/mol. The van der Waals surface area contributed by atoms with E-state index in [1.54, 1.807) is 13.8 Å². The van der Waals surface area contributed by atoms with Crippen LogP contribution in [-0.4, -0.2) is 38.0 Å². The van der Waals surface area contributed by atoms with Gasteiger partial charge in [-0.3, -0.25) is 0 Å². The van der Waals surface area contributed by atoms with E-state index in [1.807, 2.05) is 13.8 Å². The molecule has 0 saturated carbocycles. The molecule has 0 aliphatic heterocycles. The lowest BCUT2D eigenvalue weighted by molar-refractivity contribution is -0.166. The number of methoxy groups -OCH3 is 1. The highest BCUT2D eigenvalue weighted by atomic mass is 16.6. The van der Waals surface area contributed by atoms with Crippen molar-refractivity contribution >= 4 is 5.97 Å². The zero-order chi connectivity index (χ0) is 11.2. The van der Waals surface area contributed by atoms with Gasteiger partial charge < -0.3 is 14.2 Å². The smallest absolute Gasteiger partial charge is 0.337 e. The Hall–Kier alpha value is -0.610. The SMILES string of the molecule is COC(C)(C)C(=O)OCCOC(C)C. The fourth-order valence-corrected chi connectivity index (χ4v) is 0.675. The number of ether oxygens (including phenoxy) is 3. The van der Waals surface area contributed by atoms with Crippen molar-refractivity contribution in [2.24, 2.45) is 0 Å². The Bertz CT molecular complexity index is 175. The van der Waals surface area contributed by atoms with Crippen LogP contribution < -0.4 is 0 Å². The van der Waals surface area contributed by atoms with Crippen molar-refractivity contribution in [2.75, 3.05) is 20.3 Å². The molecule has 4 heteroatoms. The summed E-state index contributed by atoms with van der Waals surface area (Å²) in [5, 5.41) is 0. The molecule has 0 radical (unpaired) electrons. The van der Waals surface area contributed by atoms with Crippen LogP contribution in [0.15, 0.2) is 0 Å². The van der Waals surface area contributed by atoms with E-state index in [2.05, 4.69) is 0 Å². The van der Waals surface area contributed by atoms with E-state index in [0.29, 0.717) is 6.61 Å². The van der Waals surface area contributed by atoms with E-state index in [-0.39, 0.29) is 18.7 Å². The summed E-state index contributed by atoms with van der Waals surface area (Å²) in [6, 6.07) is 0. The monoisotopic (exact) mass is 204 g/mol. The maximum absolute atomic E-state index is 11.3. The Morgan fingerprint density at radius 2 is 1.86 bits per heavy atom. The molecule has 0 heterocycles. The summed E-state index contributed by atoms with van der Waals surface area (Å²) in [4.78, 5) is 11.3. The number of rotatable bonds is 6. The third-order valence-electron chi connectivity index (χ3n) is 1.77. The molecule has 0 aromatic rings. The molecule has 0 N–H and O–H groups in total. The molecule has 0 aliphatic rings. The van der Waals surface area contributed by atoms with Gasteiger partial charge in [-0.1, -0.05) is 0 Å². The first-order valence-corrected chi connectivity index (χ1v) is 4.74. The molecule has 0 rings (SSSR count). The van der Waals surface area contributed by atoms with Crippen molar-refractivity contribution in [3.63, 3.8) is 0 Å². The molecule has 0 aromatic carbocycles. The van der Waals surface area contributed by atoms with Crippen molar-refractivity contribution in [1.82, 2.24) is 0 Å². The van der Waals surface area contributed by atoms with Crippen molar-refractivity contribution in [3.05, 3.63) is 0 Å². The quantitative estimate of drug-likeness (QED) is 0.484. The minimum absolute atomic E-state index is 0.157. The molecule has 14 heavy (non-hydrogen) atoms. The average Bonchev–Trinajstić information content (AvgIpc) is 2.11. The summed E-state index contributed by atoms with van der Waals surface area (Å²) >= 11 is 0. The van der Waals surface area contributed by atoms with Crippen molar-refractivity contribution in [2.45, 2.75) is 39.4 Å². The van der Waals surface area contributed by atoms with Gasteiger partial charge in [0.25, 0.3) is 0 Å². The number of carbonyl (C=O) groups excluding carboxylic acids is 1. The van der Waals surface area contributed by atoms with Crippen LogP contribution in [0.3, 0.4) is 0 Å².